The van der Waals surface area contributed by atoms with E-state index in [9.17, 15) is 5.11 Å². The second-order valence-corrected chi connectivity index (χ2v) is 3.52. The summed E-state index contributed by atoms with van der Waals surface area (Å²) in [5, 5.41) is 15.2. The van der Waals surface area contributed by atoms with Gasteiger partial charge in [0, 0.05) is 24.5 Å². The molecule has 1 atom stereocenters. The maximum Gasteiger partial charge on any atom is 0.126 e. The SMILES string of the molecule is C=CN(N=C)c1ccc([C@H](O)CC)c(OC)c1. The lowest BCUT2D eigenvalue weighted by Gasteiger charge is -2.18. The number of hydrazone groups is 1. The van der Waals surface area contributed by atoms with Gasteiger partial charge >= 0.3 is 0 Å². The molecule has 0 aromatic heterocycles. The first kappa shape index (κ1) is 13.3. The van der Waals surface area contributed by atoms with Crippen molar-refractivity contribution in [2.24, 2.45) is 5.10 Å². The Hall–Kier alpha value is -1.81. The Bertz CT molecular complexity index is 396. The summed E-state index contributed by atoms with van der Waals surface area (Å²) in [5.74, 6) is 0.632. The minimum atomic E-state index is -0.520. The van der Waals surface area contributed by atoms with Gasteiger partial charge in [-0.15, -0.1) is 0 Å². The summed E-state index contributed by atoms with van der Waals surface area (Å²) in [6.07, 6.45) is 1.67. The Balaban J connectivity index is 3.16. The van der Waals surface area contributed by atoms with E-state index < -0.39 is 6.10 Å². The van der Waals surface area contributed by atoms with E-state index in [0.29, 0.717) is 12.2 Å². The normalized spacial score (nSPS) is 11.7. The first-order chi connectivity index (χ1) is 8.17. The fourth-order valence-corrected chi connectivity index (χ4v) is 1.58. The third-order valence-electron chi connectivity index (χ3n) is 2.55. The molecule has 1 aromatic carbocycles. The molecule has 0 amide bonds. The third kappa shape index (κ3) is 2.85. The lowest BCUT2D eigenvalue weighted by molar-refractivity contribution is 0.169. The summed E-state index contributed by atoms with van der Waals surface area (Å²) in [6, 6.07) is 5.46. The molecular weight excluding hydrogens is 216 g/mol. The van der Waals surface area contributed by atoms with E-state index in [2.05, 4.69) is 18.4 Å². The highest BCUT2D eigenvalue weighted by atomic mass is 16.5. The summed E-state index contributed by atoms with van der Waals surface area (Å²) < 4.78 is 5.27. The monoisotopic (exact) mass is 234 g/mol. The van der Waals surface area contributed by atoms with Gasteiger partial charge in [-0.05, 0) is 12.5 Å². The van der Waals surface area contributed by atoms with Crippen molar-refractivity contribution in [1.29, 1.82) is 0 Å². The molecule has 0 radical (unpaired) electrons. The van der Waals surface area contributed by atoms with E-state index in [1.165, 1.54) is 5.01 Å². The highest BCUT2D eigenvalue weighted by molar-refractivity contribution is 5.56. The van der Waals surface area contributed by atoms with E-state index in [-0.39, 0.29) is 0 Å². The summed E-state index contributed by atoms with van der Waals surface area (Å²) in [7, 11) is 1.57. The molecule has 17 heavy (non-hydrogen) atoms. The summed E-state index contributed by atoms with van der Waals surface area (Å²) in [4.78, 5) is 0. The topological polar surface area (TPSA) is 45.1 Å². The molecule has 1 aromatic rings. The Morgan fingerprint density at radius 1 is 1.59 bits per heavy atom. The molecule has 92 valence electrons. The number of rotatable bonds is 6. The third-order valence-corrected chi connectivity index (χ3v) is 2.55. The predicted octanol–water partition coefficient (Wildman–Crippen LogP) is 2.70. The van der Waals surface area contributed by atoms with Crippen molar-refractivity contribution >= 4 is 12.4 Å². The molecule has 0 heterocycles. The molecule has 0 spiro atoms. The van der Waals surface area contributed by atoms with Crippen LogP contribution in [0.25, 0.3) is 0 Å². The van der Waals surface area contributed by atoms with E-state index >= 15 is 0 Å². The van der Waals surface area contributed by atoms with Crippen LogP contribution in [0.1, 0.15) is 25.0 Å². The number of methoxy groups -OCH3 is 1. The van der Waals surface area contributed by atoms with Gasteiger partial charge in [-0.1, -0.05) is 19.6 Å². The van der Waals surface area contributed by atoms with Gasteiger partial charge in [0.2, 0.25) is 0 Å². The second kappa shape index (κ2) is 6.06. The van der Waals surface area contributed by atoms with Crippen LogP contribution < -0.4 is 9.75 Å². The van der Waals surface area contributed by atoms with Crippen LogP contribution in [0.15, 0.2) is 36.1 Å². The maximum atomic E-state index is 9.84. The standard InChI is InChI=1S/C13H18N2O2/c1-5-12(16)11-8-7-10(9-13(11)17-4)15(6-2)14-3/h6-9,12,16H,2-3,5H2,1,4H3/t12-/m1/s1. The zero-order valence-electron chi connectivity index (χ0n) is 10.3. The number of anilines is 1. The molecular formula is C13H18N2O2. The van der Waals surface area contributed by atoms with Gasteiger partial charge in [-0.2, -0.15) is 5.10 Å². The summed E-state index contributed by atoms with van der Waals surface area (Å²) in [5.41, 5.74) is 1.56. The van der Waals surface area contributed by atoms with Gasteiger partial charge in [0.05, 0.1) is 18.9 Å². The smallest absolute Gasteiger partial charge is 0.126 e. The highest BCUT2D eigenvalue weighted by Gasteiger charge is 2.13. The van der Waals surface area contributed by atoms with Crippen molar-refractivity contribution in [3.63, 3.8) is 0 Å². The van der Waals surface area contributed by atoms with Gasteiger partial charge in [-0.3, -0.25) is 0 Å². The minimum absolute atomic E-state index is 0.520. The van der Waals surface area contributed by atoms with Crippen LogP contribution in [0.4, 0.5) is 5.69 Å². The van der Waals surface area contributed by atoms with Crippen molar-refractivity contribution in [3.8, 4) is 5.75 Å². The van der Waals surface area contributed by atoms with Crippen molar-refractivity contribution in [3.05, 3.63) is 36.5 Å². The minimum Gasteiger partial charge on any atom is -0.496 e. The van der Waals surface area contributed by atoms with E-state index in [1.54, 1.807) is 19.4 Å². The van der Waals surface area contributed by atoms with E-state index in [4.69, 9.17) is 4.74 Å². The molecule has 0 fully saturated rings. The Kier molecular flexibility index (Phi) is 4.72. The number of benzene rings is 1. The molecule has 0 unspecified atom stereocenters. The van der Waals surface area contributed by atoms with Crippen molar-refractivity contribution in [2.45, 2.75) is 19.4 Å². The van der Waals surface area contributed by atoms with Crippen LogP contribution in [0.2, 0.25) is 0 Å². The molecule has 0 bridgehead atoms. The zero-order chi connectivity index (χ0) is 12.8. The van der Waals surface area contributed by atoms with E-state index in [1.807, 2.05) is 19.1 Å². The molecule has 1 rings (SSSR count). The molecule has 1 N–H and O–H groups in total. The van der Waals surface area contributed by atoms with Crippen molar-refractivity contribution in [1.82, 2.24) is 0 Å². The van der Waals surface area contributed by atoms with Crippen LogP contribution >= 0.6 is 0 Å². The van der Waals surface area contributed by atoms with Crippen LogP contribution in [-0.2, 0) is 0 Å². The largest absolute Gasteiger partial charge is 0.496 e. The van der Waals surface area contributed by atoms with Crippen molar-refractivity contribution < 1.29 is 9.84 Å². The quantitative estimate of drug-likeness (QED) is 0.608. The Labute approximate surface area is 102 Å². The molecule has 0 aliphatic rings. The number of hydrogen-bond acceptors (Lipinski definition) is 4. The zero-order valence-corrected chi connectivity index (χ0v) is 10.3. The number of ether oxygens (including phenoxy) is 1. The number of hydrogen-bond donors (Lipinski definition) is 1. The van der Waals surface area contributed by atoms with Crippen LogP contribution in [-0.4, -0.2) is 18.9 Å². The second-order valence-electron chi connectivity index (χ2n) is 3.52. The first-order valence-electron chi connectivity index (χ1n) is 5.42. The molecule has 4 heteroatoms. The highest BCUT2D eigenvalue weighted by Crippen LogP contribution is 2.31. The van der Waals surface area contributed by atoms with Crippen LogP contribution in [0.5, 0.6) is 5.75 Å². The van der Waals surface area contributed by atoms with Gasteiger partial charge < -0.3 is 9.84 Å². The Morgan fingerprint density at radius 3 is 2.76 bits per heavy atom. The molecule has 0 aliphatic carbocycles. The van der Waals surface area contributed by atoms with Gasteiger partial charge in [-0.25, -0.2) is 5.01 Å². The van der Waals surface area contributed by atoms with E-state index in [0.717, 1.165) is 11.3 Å². The number of aliphatic hydroxyl groups excluding tert-OH is 1. The fraction of sp³-hybridized carbons (Fsp3) is 0.308. The molecule has 0 saturated heterocycles. The molecule has 0 saturated carbocycles. The Morgan fingerprint density at radius 2 is 2.29 bits per heavy atom. The van der Waals surface area contributed by atoms with Gasteiger partial charge in [0.25, 0.3) is 0 Å². The number of nitrogens with zero attached hydrogens (tertiary/aromatic N) is 2. The van der Waals surface area contributed by atoms with Gasteiger partial charge in [0.15, 0.2) is 0 Å². The van der Waals surface area contributed by atoms with Crippen LogP contribution in [0.3, 0.4) is 0 Å². The summed E-state index contributed by atoms with van der Waals surface area (Å²) in [6.45, 7) is 9.01. The molecule has 4 nitrogen and oxygen atoms in total. The predicted molar refractivity (Wildman–Crippen MR) is 70.5 cm³/mol. The lowest BCUT2D eigenvalue weighted by atomic mass is 10.1. The maximum absolute atomic E-state index is 9.84. The average Bonchev–Trinajstić information content (AvgIpc) is 2.39. The average molecular weight is 234 g/mol. The number of aliphatic hydroxyl groups is 1. The van der Waals surface area contributed by atoms with Crippen molar-refractivity contribution in [2.75, 3.05) is 12.1 Å². The first-order valence-corrected chi connectivity index (χ1v) is 5.42. The van der Waals surface area contributed by atoms with Crippen LogP contribution in [0, 0.1) is 0 Å². The fourth-order valence-electron chi connectivity index (χ4n) is 1.58. The molecule has 0 aliphatic heterocycles. The van der Waals surface area contributed by atoms with Gasteiger partial charge in [0.1, 0.15) is 5.75 Å². The lowest BCUT2D eigenvalue weighted by Crippen LogP contribution is -2.07. The summed E-state index contributed by atoms with van der Waals surface area (Å²) >= 11 is 0.